The SMILES string of the molecule is Cc1ccc(N)c(N(C)CC2CCCCC2)c1. The average molecular weight is 232 g/mol. The van der Waals surface area contributed by atoms with Gasteiger partial charge in [-0.25, -0.2) is 0 Å². The number of hydrogen-bond donors (Lipinski definition) is 1. The number of benzene rings is 1. The lowest BCUT2D eigenvalue weighted by Crippen LogP contribution is -2.27. The highest BCUT2D eigenvalue weighted by molar-refractivity contribution is 5.68. The summed E-state index contributed by atoms with van der Waals surface area (Å²) in [6, 6.07) is 6.29. The molecule has 1 aliphatic carbocycles. The number of nitrogens with zero attached hydrogens (tertiary/aromatic N) is 1. The van der Waals surface area contributed by atoms with Gasteiger partial charge in [-0.1, -0.05) is 25.3 Å². The molecule has 1 aliphatic rings. The van der Waals surface area contributed by atoms with Crippen LogP contribution in [-0.2, 0) is 0 Å². The first kappa shape index (κ1) is 12.3. The van der Waals surface area contributed by atoms with Crippen LogP contribution in [0.1, 0.15) is 37.7 Å². The van der Waals surface area contributed by atoms with Gasteiger partial charge >= 0.3 is 0 Å². The van der Waals surface area contributed by atoms with Crippen LogP contribution in [0.15, 0.2) is 18.2 Å². The van der Waals surface area contributed by atoms with Crippen LogP contribution in [-0.4, -0.2) is 13.6 Å². The highest BCUT2D eigenvalue weighted by Gasteiger charge is 2.16. The second-order valence-corrected chi connectivity index (χ2v) is 5.45. The Morgan fingerprint density at radius 2 is 1.94 bits per heavy atom. The molecule has 17 heavy (non-hydrogen) atoms. The molecule has 1 fully saturated rings. The van der Waals surface area contributed by atoms with E-state index in [1.165, 1.54) is 43.4 Å². The summed E-state index contributed by atoms with van der Waals surface area (Å²) in [5.41, 5.74) is 9.42. The Hall–Kier alpha value is -1.18. The summed E-state index contributed by atoms with van der Waals surface area (Å²) in [6.45, 7) is 3.27. The third-order valence-electron chi connectivity index (χ3n) is 3.85. The average Bonchev–Trinajstić information content (AvgIpc) is 2.33. The zero-order valence-electron chi connectivity index (χ0n) is 11.1. The van der Waals surface area contributed by atoms with Crippen molar-refractivity contribution < 1.29 is 0 Å². The first-order valence-corrected chi connectivity index (χ1v) is 6.74. The van der Waals surface area contributed by atoms with Crippen LogP contribution in [0.3, 0.4) is 0 Å². The summed E-state index contributed by atoms with van der Waals surface area (Å²) in [6.07, 6.45) is 7.00. The summed E-state index contributed by atoms with van der Waals surface area (Å²) in [4.78, 5) is 2.33. The fourth-order valence-electron chi connectivity index (χ4n) is 2.84. The van der Waals surface area contributed by atoms with Crippen LogP contribution in [0.5, 0.6) is 0 Å². The van der Waals surface area contributed by atoms with E-state index in [0.717, 1.165) is 18.2 Å². The van der Waals surface area contributed by atoms with Crippen LogP contribution >= 0.6 is 0 Å². The van der Waals surface area contributed by atoms with Crippen molar-refractivity contribution in [1.29, 1.82) is 0 Å². The molecule has 0 radical (unpaired) electrons. The van der Waals surface area contributed by atoms with Gasteiger partial charge in [0.05, 0.1) is 11.4 Å². The van der Waals surface area contributed by atoms with Crippen molar-refractivity contribution in [2.45, 2.75) is 39.0 Å². The molecule has 0 amide bonds. The Bertz CT molecular complexity index is 367. The van der Waals surface area contributed by atoms with Gasteiger partial charge < -0.3 is 10.6 Å². The molecule has 0 bridgehead atoms. The van der Waals surface area contributed by atoms with Gasteiger partial charge in [0, 0.05) is 13.6 Å². The molecule has 2 rings (SSSR count). The molecular formula is C15H24N2. The minimum absolute atomic E-state index is 0.855. The standard InChI is InChI=1S/C15H24N2/c1-12-8-9-14(16)15(10-12)17(2)11-13-6-4-3-5-7-13/h8-10,13H,3-7,11,16H2,1-2H3. The molecule has 1 saturated carbocycles. The van der Waals surface area contributed by atoms with Gasteiger partial charge in [0.2, 0.25) is 0 Å². The maximum absolute atomic E-state index is 6.05. The molecule has 0 unspecified atom stereocenters. The van der Waals surface area contributed by atoms with Crippen molar-refractivity contribution >= 4 is 11.4 Å². The zero-order valence-corrected chi connectivity index (χ0v) is 11.1. The topological polar surface area (TPSA) is 29.3 Å². The Morgan fingerprint density at radius 1 is 1.24 bits per heavy atom. The molecule has 2 N–H and O–H groups in total. The molecule has 1 aromatic carbocycles. The third kappa shape index (κ3) is 3.15. The van der Waals surface area contributed by atoms with Crippen LogP contribution < -0.4 is 10.6 Å². The third-order valence-corrected chi connectivity index (χ3v) is 3.85. The first-order chi connectivity index (χ1) is 8.16. The van der Waals surface area contributed by atoms with Crippen molar-refractivity contribution in [3.8, 4) is 0 Å². The van der Waals surface area contributed by atoms with Crippen molar-refractivity contribution in [3.63, 3.8) is 0 Å². The van der Waals surface area contributed by atoms with Crippen LogP contribution in [0.4, 0.5) is 11.4 Å². The quantitative estimate of drug-likeness (QED) is 0.807. The van der Waals surface area contributed by atoms with E-state index in [-0.39, 0.29) is 0 Å². The lowest BCUT2D eigenvalue weighted by atomic mass is 9.89. The zero-order chi connectivity index (χ0) is 12.3. The molecule has 0 atom stereocenters. The smallest absolute Gasteiger partial charge is 0.0600 e. The highest BCUT2D eigenvalue weighted by atomic mass is 15.1. The first-order valence-electron chi connectivity index (χ1n) is 6.74. The monoisotopic (exact) mass is 232 g/mol. The number of nitrogens with two attached hydrogens (primary N) is 1. The predicted molar refractivity (Wildman–Crippen MR) is 75.4 cm³/mol. The van der Waals surface area contributed by atoms with E-state index < -0.39 is 0 Å². The van der Waals surface area contributed by atoms with Gasteiger partial charge in [0.25, 0.3) is 0 Å². The molecule has 94 valence electrons. The number of rotatable bonds is 3. The number of nitrogen functional groups attached to an aromatic ring is 1. The fourth-order valence-corrected chi connectivity index (χ4v) is 2.84. The Balaban J connectivity index is 2.02. The van der Waals surface area contributed by atoms with E-state index >= 15 is 0 Å². The normalized spacial score (nSPS) is 17.1. The molecule has 0 aliphatic heterocycles. The summed E-state index contributed by atoms with van der Waals surface area (Å²) in [5.74, 6) is 0.855. The van der Waals surface area contributed by atoms with Gasteiger partial charge in [-0.15, -0.1) is 0 Å². The molecule has 0 spiro atoms. The molecular weight excluding hydrogens is 208 g/mol. The molecule has 0 heterocycles. The van der Waals surface area contributed by atoms with E-state index in [2.05, 4.69) is 31.0 Å². The lowest BCUT2D eigenvalue weighted by Gasteiger charge is -2.29. The van der Waals surface area contributed by atoms with Crippen molar-refractivity contribution in [1.82, 2.24) is 0 Å². The maximum atomic E-state index is 6.05. The highest BCUT2D eigenvalue weighted by Crippen LogP contribution is 2.28. The van der Waals surface area contributed by atoms with Crippen molar-refractivity contribution in [3.05, 3.63) is 23.8 Å². The van der Waals surface area contributed by atoms with Gasteiger partial charge in [0.1, 0.15) is 0 Å². The summed E-state index contributed by atoms with van der Waals surface area (Å²) >= 11 is 0. The molecule has 0 saturated heterocycles. The van der Waals surface area contributed by atoms with Gasteiger partial charge in [-0.05, 0) is 43.4 Å². The largest absolute Gasteiger partial charge is 0.397 e. The summed E-state index contributed by atoms with van der Waals surface area (Å²) in [5, 5.41) is 0. The van der Waals surface area contributed by atoms with Crippen molar-refractivity contribution in [2.75, 3.05) is 24.2 Å². The predicted octanol–water partition coefficient (Wildman–Crippen LogP) is 3.59. The second-order valence-electron chi connectivity index (χ2n) is 5.45. The van der Waals surface area contributed by atoms with E-state index in [0.29, 0.717) is 0 Å². The Labute approximate surface area is 105 Å². The number of aryl methyl sites for hydroxylation is 1. The molecule has 2 nitrogen and oxygen atoms in total. The van der Waals surface area contributed by atoms with Gasteiger partial charge in [0.15, 0.2) is 0 Å². The molecule has 1 aromatic rings. The fraction of sp³-hybridized carbons (Fsp3) is 0.600. The van der Waals surface area contributed by atoms with E-state index in [4.69, 9.17) is 5.73 Å². The molecule has 0 aromatic heterocycles. The van der Waals surface area contributed by atoms with Crippen LogP contribution in [0.25, 0.3) is 0 Å². The van der Waals surface area contributed by atoms with E-state index in [1.54, 1.807) is 0 Å². The Morgan fingerprint density at radius 3 is 2.65 bits per heavy atom. The maximum Gasteiger partial charge on any atom is 0.0600 e. The molecule has 2 heteroatoms. The lowest BCUT2D eigenvalue weighted by molar-refractivity contribution is 0.362. The van der Waals surface area contributed by atoms with Gasteiger partial charge in [-0.2, -0.15) is 0 Å². The minimum atomic E-state index is 0.855. The Kier molecular flexibility index (Phi) is 3.93. The number of hydrogen-bond acceptors (Lipinski definition) is 2. The van der Waals surface area contributed by atoms with E-state index in [1.807, 2.05) is 6.07 Å². The second kappa shape index (κ2) is 5.44. The van der Waals surface area contributed by atoms with Crippen molar-refractivity contribution in [2.24, 2.45) is 5.92 Å². The summed E-state index contributed by atoms with van der Waals surface area (Å²) < 4.78 is 0. The van der Waals surface area contributed by atoms with Crippen LogP contribution in [0, 0.1) is 12.8 Å². The van der Waals surface area contributed by atoms with E-state index in [9.17, 15) is 0 Å². The van der Waals surface area contributed by atoms with Gasteiger partial charge in [-0.3, -0.25) is 0 Å². The minimum Gasteiger partial charge on any atom is -0.397 e. The summed E-state index contributed by atoms with van der Waals surface area (Å²) in [7, 11) is 2.17. The van der Waals surface area contributed by atoms with Crippen LogP contribution in [0.2, 0.25) is 0 Å². The number of anilines is 2.